The Hall–Kier alpha value is -0.910. The first-order chi connectivity index (χ1) is 25.0. The molecule has 0 aliphatic rings. The molecule has 0 bridgehead atoms. The summed E-state index contributed by atoms with van der Waals surface area (Å²) in [6.07, 6.45) is 49.1. The van der Waals surface area contributed by atoms with Crippen molar-refractivity contribution in [3.63, 3.8) is 0 Å². The van der Waals surface area contributed by atoms with Crippen LogP contribution in [0.1, 0.15) is 251 Å². The molecule has 4 N–H and O–H groups in total. The van der Waals surface area contributed by atoms with Gasteiger partial charge in [0.05, 0.1) is 31.3 Å². The molecule has 0 rings (SSSR count). The minimum atomic E-state index is -0.745. The maximum absolute atomic E-state index is 12.4. The molecule has 51 heavy (non-hydrogen) atoms. The molecule has 0 saturated heterocycles. The molecule has 3 unspecified atom stereocenters. The van der Waals surface area contributed by atoms with Crippen LogP contribution < -0.4 is 5.32 Å². The minimum absolute atomic E-state index is 0.0380. The van der Waals surface area contributed by atoms with Gasteiger partial charge in [0.2, 0.25) is 5.91 Å². The molecule has 0 heterocycles. The molecule has 0 aromatic rings. The zero-order chi connectivity index (χ0) is 37.3. The number of hydrogen-bond donors (Lipinski definition) is 4. The van der Waals surface area contributed by atoms with Gasteiger partial charge in [-0.1, -0.05) is 219 Å². The first-order valence-corrected chi connectivity index (χ1v) is 23.0. The largest absolute Gasteiger partial charge is 0.394 e. The second-order valence-electron chi connectivity index (χ2n) is 16.0. The maximum atomic E-state index is 12.4. The van der Waals surface area contributed by atoms with Gasteiger partial charge < -0.3 is 20.6 Å². The van der Waals surface area contributed by atoms with E-state index in [9.17, 15) is 20.1 Å². The van der Waals surface area contributed by atoms with E-state index in [1.165, 1.54) is 193 Å². The average molecular weight is 722 g/mol. The van der Waals surface area contributed by atoms with E-state index in [1.807, 2.05) is 0 Å². The Morgan fingerprint density at radius 1 is 0.471 bits per heavy atom. The number of amides is 1. The first kappa shape index (κ1) is 50.1. The number of allylic oxidation sites excluding steroid dienone is 2. The van der Waals surface area contributed by atoms with Gasteiger partial charge >= 0.3 is 0 Å². The summed E-state index contributed by atoms with van der Waals surface area (Å²) >= 11 is 0. The van der Waals surface area contributed by atoms with Crippen molar-refractivity contribution in [2.24, 2.45) is 0 Å². The highest BCUT2D eigenvalue weighted by Gasteiger charge is 2.21. The van der Waals surface area contributed by atoms with Crippen molar-refractivity contribution in [1.29, 1.82) is 0 Å². The summed E-state index contributed by atoms with van der Waals surface area (Å²) in [4.78, 5) is 12.4. The Morgan fingerprint density at radius 3 is 1.14 bits per heavy atom. The summed E-state index contributed by atoms with van der Waals surface area (Å²) in [6, 6.07) is -0.654. The van der Waals surface area contributed by atoms with Crippen LogP contribution in [0.3, 0.4) is 0 Å². The van der Waals surface area contributed by atoms with E-state index in [0.29, 0.717) is 12.8 Å². The molecule has 3 atom stereocenters. The van der Waals surface area contributed by atoms with Gasteiger partial charge in [0, 0.05) is 0 Å². The molecule has 0 aliphatic carbocycles. The quantitative estimate of drug-likeness (QED) is 0.0373. The zero-order valence-electron chi connectivity index (χ0n) is 34.5. The van der Waals surface area contributed by atoms with Crippen molar-refractivity contribution in [3.05, 3.63) is 12.2 Å². The van der Waals surface area contributed by atoms with Crippen molar-refractivity contribution >= 4 is 5.91 Å². The topological polar surface area (TPSA) is 89.8 Å². The summed E-state index contributed by atoms with van der Waals surface area (Å²) in [5, 5.41) is 33.3. The highest BCUT2D eigenvalue weighted by Crippen LogP contribution is 2.16. The standard InChI is InChI=1S/C46H91NO4/c1-3-5-7-9-11-13-15-16-17-18-19-20-21-22-23-24-25-26-27-28-30-31-33-35-37-39-43(49)41-46(51)47-44(42-48)45(50)40-38-36-34-32-29-14-12-10-8-6-4-2/h22-23,43-45,48-50H,3-21,24-42H2,1-2H3,(H,47,51)/b23-22-. The molecule has 5 nitrogen and oxygen atoms in total. The number of nitrogens with one attached hydrogen (secondary N) is 1. The predicted octanol–water partition coefficient (Wildman–Crippen LogP) is 13.2. The lowest BCUT2D eigenvalue weighted by atomic mass is 10.0. The Labute approximate surface area is 319 Å². The van der Waals surface area contributed by atoms with Crippen molar-refractivity contribution in [1.82, 2.24) is 5.32 Å². The second-order valence-corrected chi connectivity index (χ2v) is 16.0. The van der Waals surface area contributed by atoms with E-state index >= 15 is 0 Å². The molecule has 1 amide bonds. The molecule has 0 aromatic heterocycles. The Morgan fingerprint density at radius 2 is 0.784 bits per heavy atom. The molecule has 304 valence electrons. The molecule has 0 fully saturated rings. The monoisotopic (exact) mass is 722 g/mol. The fraction of sp³-hybridized carbons (Fsp3) is 0.935. The van der Waals surface area contributed by atoms with Crippen molar-refractivity contribution in [2.75, 3.05) is 6.61 Å². The highest BCUT2D eigenvalue weighted by molar-refractivity contribution is 5.76. The van der Waals surface area contributed by atoms with Gasteiger partial charge in [-0.25, -0.2) is 0 Å². The lowest BCUT2D eigenvalue weighted by Crippen LogP contribution is -2.46. The third kappa shape index (κ3) is 38.6. The van der Waals surface area contributed by atoms with E-state index in [1.54, 1.807) is 0 Å². The third-order valence-electron chi connectivity index (χ3n) is 10.8. The molecular formula is C46H91NO4. The second kappa shape index (κ2) is 41.8. The molecule has 5 heteroatoms. The lowest BCUT2D eigenvalue weighted by molar-refractivity contribution is -0.125. The number of unbranched alkanes of at least 4 members (excludes halogenated alkanes) is 31. The van der Waals surface area contributed by atoms with Gasteiger partial charge in [-0.3, -0.25) is 4.79 Å². The van der Waals surface area contributed by atoms with Crippen LogP contribution in [0, 0.1) is 0 Å². The number of carbonyl (C=O) groups excluding carboxylic acids is 1. The van der Waals surface area contributed by atoms with Crippen molar-refractivity contribution in [2.45, 2.75) is 270 Å². The van der Waals surface area contributed by atoms with Crippen LogP contribution in [0.25, 0.3) is 0 Å². The predicted molar refractivity (Wildman–Crippen MR) is 222 cm³/mol. The van der Waals surface area contributed by atoms with Crippen molar-refractivity contribution < 1.29 is 20.1 Å². The molecule has 0 aliphatic heterocycles. The van der Waals surface area contributed by atoms with Crippen molar-refractivity contribution in [3.8, 4) is 0 Å². The summed E-state index contributed by atoms with van der Waals surface area (Å²) in [6.45, 7) is 4.26. The smallest absolute Gasteiger partial charge is 0.222 e. The van der Waals surface area contributed by atoms with Crippen LogP contribution in [0.15, 0.2) is 12.2 Å². The zero-order valence-corrected chi connectivity index (χ0v) is 34.5. The molecule has 0 saturated carbocycles. The molecule has 0 spiro atoms. The van der Waals surface area contributed by atoms with Gasteiger partial charge in [0.1, 0.15) is 0 Å². The van der Waals surface area contributed by atoms with E-state index in [2.05, 4.69) is 31.3 Å². The summed E-state index contributed by atoms with van der Waals surface area (Å²) in [7, 11) is 0. The van der Waals surface area contributed by atoms with Gasteiger partial charge in [-0.15, -0.1) is 0 Å². The fourth-order valence-electron chi connectivity index (χ4n) is 7.28. The van der Waals surface area contributed by atoms with E-state index in [0.717, 1.165) is 25.7 Å². The van der Waals surface area contributed by atoms with Crippen LogP contribution in [0.4, 0.5) is 0 Å². The highest BCUT2D eigenvalue weighted by atomic mass is 16.3. The number of rotatable bonds is 42. The number of aliphatic hydroxyl groups excluding tert-OH is 3. The fourth-order valence-corrected chi connectivity index (χ4v) is 7.28. The van der Waals surface area contributed by atoms with Gasteiger partial charge in [-0.2, -0.15) is 0 Å². The van der Waals surface area contributed by atoms with Crippen LogP contribution in [0.2, 0.25) is 0 Å². The molecule has 0 radical (unpaired) electrons. The summed E-state index contributed by atoms with van der Waals surface area (Å²) < 4.78 is 0. The van der Waals surface area contributed by atoms with Crippen LogP contribution >= 0.6 is 0 Å². The van der Waals surface area contributed by atoms with Crippen LogP contribution in [-0.2, 0) is 4.79 Å². The average Bonchev–Trinajstić information content (AvgIpc) is 3.12. The Bertz CT molecular complexity index is 713. The first-order valence-electron chi connectivity index (χ1n) is 23.0. The van der Waals surface area contributed by atoms with E-state index in [-0.39, 0.29) is 18.9 Å². The normalized spacial score (nSPS) is 13.6. The number of hydrogen-bond acceptors (Lipinski definition) is 4. The van der Waals surface area contributed by atoms with E-state index in [4.69, 9.17) is 0 Å². The third-order valence-corrected chi connectivity index (χ3v) is 10.8. The minimum Gasteiger partial charge on any atom is -0.394 e. The number of carbonyl (C=O) groups is 1. The molecular weight excluding hydrogens is 631 g/mol. The summed E-state index contributed by atoms with van der Waals surface area (Å²) in [5.41, 5.74) is 0. The molecule has 0 aromatic carbocycles. The van der Waals surface area contributed by atoms with Gasteiger partial charge in [-0.05, 0) is 38.5 Å². The Kier molecular flexibility index (Phi) is 41.1. The Balaban J connectivity index is 3.53. The summed E-state index contributed by atoms with van der Waals surface area (Å²) in [5.74, 6) is -0.283. The van der Waals surface area contributed by atoms with Crippen LogP contribution in [-0.4, -0.2) is 46.1 Å². The maximum Gasteiger partial charge on any atom is 0.222 e. The number of aliphatic hydroxyl groups is 3. The van der Waals surface area contributed by atoms with Gasteiger partial charge in [0.15, 0.2) is 0 Å². The van der Waals surface area contributed by atoms with Gasteiger partial charge in [0.25, 0.3) is 0 Å². The lowest BCUT2D eigenvalue weighted by Gasteiger charge is -2.23. The van der Waals surface area contributed by atoms with Crippen LogP contribution in [0.5, 0.6) is 0 Å². The van der Waals surface area contributed by atoms with E-state index < -0.39 is 18.2 Å². The SMILES string of the molecule is CCCCCCCCCCCCCC/C=C\CCCCCCCCCCCC(O)CC(=O)NC(CO)C(O)CCCCCCCCCCCCC.